The van der Waals surface area contributed by atoms with Gasteiger partial charge in [0.15, 0.2) is 6.10 Å². The lowest BCUT2D eigenvalue weighted by Gasteiger charge is -2.18. The molecule has 6 heteroatoms. The second-order valence-electron chi connectivity index (χ2n) is 17.4. The van der Waals surface area contributed by atoms with E-state index in [0.717, 1.165) is 83.5 Å². The van der Waals surface area contributed by atoms with Gasteiger partial charge in [0.1, 0.15) is 13.2 Å². The minimum atomic E-state index is -0.781. The van der Waals surface area contributed by atoms with Gasteiger partial charge in [0, 0.05) is 19.3 Å². The lowest BCUT2D eigenvalue weighted by Crippen LogP contribution is -2.30. The smallest absolute Gasteiger partial charge is 0.306 e. The molecule has 0 N–H and O–H groups in total. The maximum Gasteiger partial charge on any atom is 0.306 e. The zero-order valence-electron chi connectivity index (χ0n) is 40.0. The van der Waals surface area contributed by atoms with E-state index in [0.29, 0.717) is 19.3 Å². The summed E-state index contributed by atoms with van der Waals surface area (Å²) in [5.74, 6) is -0.899. The lowest BCUT2D eigenvalue weighted by molar-refractivity contribution is -0.167. The third-order valence-corrected chi connectivity index (χ3v) is 11.4. The molecule has 1 unspecified atom stereocenters. The van der Waals surface area contributed by atoms with Crippen LogP contribution >= 0.6 is 0 Å². The number of rotatable bonds is 47. The quantitative estimate of drug-likeness (QED) is 0.0263. The number of carbonyl (C=O) groups excluding carboxylic acids is 3. The van der Waals surface area contributed by atoms with Crippen molar-refractivity contribution in [3.05, 3.63) is 36.5 Å². The summed E-state index contributed by atoms with van der Waals surface area (Å²) >= 11 is 0. The Morgan fingerprint density at radius 3 is 1.02 bits per heavy atom. The Bertz CT molecular complexity index is 1020. The standard InChI is InChI=1S/C54H98O6/c1-4-7-10-13-16-19-22-24-25-26-27-28-30-32-35-38-41-44-47-53(56)59-50-51(49-58-52(55)46-43-40-37-34-31-21-18-15-12-9-6-3)60-54(57)48-45-42-39-36-33-29-23-20-17-14-11-8-5-2/h8,11,17,20,29,33,51H,4-7,9-10,12-16,18-19,21-28,30-32,34-50H2,1-3H3/b11-8-,20-17-,33-29-. The Balaban J connectivity index is 4.32. The fourth-order valence-electron chi connectivity index (χ4n) is 7.52. The predicted molar refractivity (Wildman–Crippen MR) is 256 cm³/mol. The first kappa shape index (κ1) is 57.6. The van der Waals surface area contributed by atoms with Gasteiger partial charge >= 0.3 is 17.9 Å². The summed E-state index contributed by atoms with van der Waals surface area (Å²) in [5, 5.41) is 0. The van der Waals surface area contributed by atoms with Gasteiger partial charge in [0.25, 0.3) is 0 Å². The van der Waals surface area contributed by atoms with Crippen molar-refractivity contribution >= 4 is 17.9 Å². The van der Waals surface area contributed by atoms with E-state index in [9.17, 15) is 14.4 Å². The number of hydrogen-bond donors (Lipinski definition) is 0. The monoisotopic (exact) mass is 843 g/mol. The Labute approximate surface area is 372 Å². The molecule has 0 bridgehead atoms. The van der Waals surface area contributed by atoms with Crippen LogP contribution in [0.1, 0.15) is 271 Å². The van der Waals surface area contributed by atoms with E-state index in [4.69, 9.17) is 14.2 Å². The molecule has 0 fully saturated rings. The summed E-state index contributed by atoms with van der Waals surface area (Å²) < 4.78 is 16.8. The van der Waals surface area contributed by atoms with Crippen molar-refractivity contribution in [2.75, 3.05) is 13.2 Å². The Morgan fingerprint density at radius 2 is 0.650 bits per heavy atom. The Kier molecular flexibility index (Phi) is 47.3. The number of ether oxygens (including phenoxy) is 3. The molecule has 0 heterocycles. The highest BCUT2D eigenvalue weighted by Gasteiger charge is 2.19. The van der Waals surface area contributed by atoms with Gasteiger partial charge in [-0.3, -0.25) is 14.4 Å². The molecule has 0 aromatic rings. The average molecular weight is 843 g/mol. The minimum Gasteiger partial charge on any atom is -0.462 e. The van der Waals surface area contributed by atoms with Crippen molar-refractivity contribution in [3.8, 4) is 0 Å². The molecule has 0 radical (unpaired) electrons. The minimum absolute atomic E-state index is 0.0799. The third kappa shape index (κ3) is 46.7. The predicted octanol–water partition coefficient (Wildman–Crippen LogP) is 16.9. The van der Waals surface area contributed by atoms with Gasteiger partial charge in [0.2, 0.25) is 0 Å². The third-order valence-electron chi connectivity index (χ3n) is 11.4. The first-order valence-corrected chi connectivity index (χ1v) is 26.0. The summed E-state index contributed by atoms with van der Waals surface area (Å²) in [6.07, 6.45) is 57.1. The molecule has 1 atom stereocenters. The molecule has 350 valence electrons. The van der Waals surface area contributed by atoms with E-state index in [1.165, 1.54) is 148 Å². The van der Waals surface area contributed by atoms with Gasteiger partial charge in [-0.2, -0.15) is 0 Å². The number of carbonyl (C=O) groups is 3. The van der Waals surface area contributed by atoms with Crippen molar-refractivity contribution < 1.29 is 28.6 Å². The van der Waals surface area contributed by atoms with Gasteiger partial charge in [0.05, 0.1) is 0 Å². The second-order valence-corrected chi connectivity index (χ2v) is 17.4. The van der Waals surface area contributed by atoms with Crippen molar-refractivity contribution in [2.24, 2.45) is 0 Å². The van der Waals surface area contributed by atoms with Crippen molar-refractivity contribution in [2.45, 2.75) is 277 Å². The average Bonchev–Trinajstić information content (AvgIpc) is 3.24. The maximum atomic E-state index is 12.8. The molecule has 6 nitrogen and oxygen atoms in total. The Morgan fingerprint density at radius 1 is 0.350 bits per heavy atom. The highest BCUT2D eigenvalue weighted by Crippen LogP contribution is 2.16. The summed E-state index contributed by atoms with van der Waals surface area (Å²) in [6.45, 7) is 6.52. The molecule has 0 aromatic carbocycles. The zero-order chi connectivity index (χ0) is 43.7. The van der Waals surface area contributed by atoms with Crippen LogP contribution in [-0.2, 0) is 28.6 Å². The first-order valence-electron chi connectivity index (χ1n) is 26.0. The van der Waals surface area contributed by atoms with E-state index in [-0.39, 0.29) is 31.1 Å². The highest BCUT2D eigenvalue weighted by molar-refractivity contribution is 5.71. The molecular weight excluding hydrogens is 745 g/mol. The molecule has 0 aliphatic rings. The molecule has 0 amide bonds. The maximum absolute atomic E-state index is 12.8. The lowest BCUT2D eigenvalue weighted by atomic mass is 10.0. The molecule has 0 spiro atoms. The van der Waals surface area contributed by atoms with Crippen molar-refractivity contribution in [3.63, 3.8) is 0 Å². The van der Waals surface area contributed by atoms with E-state index in [2.05, 4.69) is 57.2 Å². The van der Waals surface area contributed by atoms with Crippen LogP contribution in [0.3, 0.4) is 0 Å². The van der Waals surface area contributed by atoms with Gasteiger partial charge < -0.3 is 14.2 Å². The molecule has 0 saturated carbocycles. The fourth-order valence-corrected chi connectivity index (χ4v) is 7.52. The van der Waals surface area contributed by atoms with E-state index in [1.54, 1.807) is 0 Å². The van der Waals surface area contributed by atoms with Crippen LogP contribution in [0.2, 0.25) is 0 Å². The van der Waals surface area contributed by atoms with E-state index in [1.807, 2.05) is 0 Å². The van der Waals surface area contributed by atoms with Gasteiger partial charge in [-0.15, -0.1) is 0 Å². The second kappa shape index (κ2) is 49.3. The molecule has 0 aliphatic carbocycles. The fraction of sp³-hybridized carbons (Fsp3) is 0.833. The largest absolute Gasteiger partial charge is 0.462 e. The SMILES string of the molecule is CC/C=C\C/C=C\C/C=C\CCCCCC(=O)OC(COC(=O)CCCCCCCCCCCCC)COC(=O)CCCCCCCCCCCCCCCCCCCC. The first-order chi connectivity index (χ1) is 29.5. The van der Waals surface area contributed by atoms with Crippen LogP contribution in [0.4, 0.5) is 0 Å². The number of esters is 3. The van der Waals surface area contributed by atoms with Crippen LogP contribution in [0.25, 0.3) is 0 Å². The van der Waals surface area contributed by atoms with Crippen molar-refractivity contribution in [1.29, 1.82) is 0 Å². The molecule has 0 aromatic heterocycles. The van der Waals surface area contributed by atoms with Gasteiger partial charge in [-0.25, -0.2) is 0 Å². The summed E-state index contributed by atoms with van der Waals surface area (Å²) in [7, 11) is 0. The number of allylic oxidation sites excluding steroid dienone is 6. The summed E-state index contributed by atoms with van der Waals surface area (Å²) in [4.78, 5) is 37.9. The normalized spacial score (nSPS) is 12.2. The van der Waals surface area contributed by atoms with Crippen LogP contribution in [0, 0.1) is 0 Å². The van der Waals surface area contributed by atoms with Crippen LogP contribution < -0.4 is 0 Å². The topological polar surface area (TPSA) is 78.9 Å². The summed E-state index contributed by atoms with van der Waals surface area (Å²) in [5.41, 5.74) is 0. The van der Waals surface area contributed by atoms with Gasteiger partial charge in [-0.05, 0) is 51.4 Å². The summed E-state index contributed by atoms with van der Waals surface area (Å²) in [6, 6.07) is 0. The van der Waals surface area contributed by atoms with Crippen molar-refractivity contribution in [1.82, 2.24) is 0 Å². The van der Waals surface area contributed by atoms with E-state index < -0.39 is 6.10 Å². The Hall–Kier alpha value is -2.37. The highest BCUT2D eigenvalue weighted by atomic mass is 16.6. The molecular formula is C54H98O6. The van der Waals surface area contributed by atoms with Crippen LogP contribution in [0.5, 0.6) is 0 Å². The van der Waals surface area contributed by atoms with Crippen LogP contribution in [0.15, 0.2) is 36.5 Å². The zero-order valence-corrected chi connectivity index (χ0v) is 40.0. The van der Waals surface area contributed by atoms with E-state index >= 15 is 0 Å². The molecule has 60 heavy (non-hydrogen) atoms. The molecule has 0 aliphatic heterocycles. The number of unbranched alkanes of at least 4 members (excludes halogenated alkanes) is 30. The van der Waals surface area contributed by atoms with Gasteiger partial charge in [-0.1, -0.05) is 237 Å². The van der Waals surface area contributed by atoms with Crippen LogP contribution in [-0.4, -0.2) is 37.2 Å². The number of hydrogen-bond acceptors (Lipinski definition) is 6. The molecule has 0 rings (SSSR count). The molecule has 0 saturated heterocycles.